The Balaban J connectivity index is 1.11. The molecule has 4 heterocycles. The molecule has 0 spiro atoms. The highest BCUT2D eigenvalue weighted by Crippen LogP contribution is 2.42. The Bertz CT molecular complexity index is 1160. The Morgan fingerprint density at radius 2 is 1.69 bits per heavy atom. The molecule has 5 rings (SSSR count). The van der Waals surface area contributed by atoms with Crippen molar-refractivity contribution in [3.05, 3.63) is 59.9 Å². The third-order valence-corrected chi connectivity index (χ3v) is 6.77. The molecule has 11 heteroatoms. The van der Waals surface area contributed by atoms with E-state index < -0.39 is 17.8 Å². The maximum absolute atomic E-state index is 12.6. The van der Waals surface area contributed by atoms with E-state index in [1.807, 2.05) is 45.9 Å². The van der Waals surface area contributed by atoms with Crippen molar-refractivity contribution in [2.24, 2.45) is 0 Å². The molecule has 11 nitrogen and oxygen atoms in total. The summed E-state index contributed by atoms with van der Waals surface area (Å²) in [6, 6.07) is 12.6. The molecule has 5 atom stereocenters. The molecule has 0 bridgehead atoms. The van der Waals surface area contributed by atoms with Crippen LogP contribution in [-0.2, 0) is 35.0 Å². The first-order valence-corrected chi connectivity index (χ1v) is 13.2. The van der Waals surface area contributed by atoms with E-state index in [1.165, 1.54) is 0 Å². The lowest BCUT2D eigenvalue weighted by Gasteiger charge is -2.27. The van der Waals surface area contributed by atoms with Crippen LogP contribution < -0.4 is 16.0 Å². The predicted octanol–water partition coefficient (Wildman–Crippen LogP) is 2.33. The third kappa shape index (κ3) is 6.74. The van der Waals surface area contributed by atoms with Crippen molar-refractivity contribution in [2.45, 2.75) is 82.9 Å². The highest BCUT2D eigenvalue weighted by atomic mass is 16.8. The summed E-state index contributed by atoms with van der Waals surface area (Å²) in [5, 5.41) is 8.94. The van der Waals surface area contributed by atoms with Crippen molar-refractivity contribution in [1.82, 2.24) is 15.6 Å². The standard InChI is InChI=1S/C28H36N4O7/c1-27(2)35-16-20(37-27)22-23-24(39-28(3,4)38-23)26(36-22)32-18-10-8-17(9-11-18)25(34)30-14-12-21(33)31-15-19-7-5-6-13-29-19/h5-11,13,20,22-24,26,32H,12,14-16H2,1-4H3,(H,30,34)(H,31,33)/t20?,22?,23-,24-,26?/m0/s1. The molecule has 3 aliphatic heterocycles. The predicted molar refractivity (Wildman–Crippen MR) is 140 cm³/mol. The van der Waals surface area contributed by atoms with Crippen LogP contribution in [0.5, 0.6) is 0 Å². The van der Waals surface area contributed by atoms with Gasteiger partial charge in [0.15, 0.2) is 17.8 Å². The number of fused-ring (bicyclic) bond motifs is 1. The Labute approximate surface area is 227 Å². The van der Waals surface area contributed by atoms with E-state index >= 15 is 0 Å². The van der Waals surface area contributed by atoms with Gasteiger partial charge in [0.05, 0.1) is 18.8 Å². The molecule has 3 N–H and O–H groups in total. The molecule has 0 aliphatic carbocycles. The molecule has 39 heavy (non-hydrogen) atoms. The average molecular weight is 541 g/mol. The molecular formula is C28H36N4O7. The monoisotopic (exact) mass is 540 g/mol. The smallest absolute Gasteiger partial charge is 0.251 e. The quantitative estimate of drug-likeness (QED) is 0.439. The molecule has 1 aromatic heterocycles. The minimum atomic E-state index is -0.746. The number of nitrogens with zero attached hydrogens (tertiary/aromatic N) is 1. The van der Waals surface area contributed by atoms with Crippen molar-refractivity contribution in [3.63, 3.8) is 0 Å². The molecule has 2 amide bonds. The van der Waals surface area contributed by atoms with Crippen LogP contribution in [0.15, 0.2) is 48.7 Å². The lowest BCUT2D eigenvalue weighted by molar-refractivity contribution is -0.203. The first-order valence-electron chi connectivity index (χ1n) is 13.2. The van der Waals surface area contributed by atoms with Crippen molar-refractivity contribution in [2.75, 3.05) is 18.5 Å². The van der Waals surface area contributed by atoms with Gasteiger partial charge in [0, 0.05) is 30.4 Å². The number of anilines is 1. The van der Waals surface area contributed by atoms with Crippen LogP contribution >= 0.6 is 0 Å². The Kier molecular flexibility index (Phi) is 7.88. The van der Waals surface area contributed by atoms with Crippen LogP contribution in [0.2, 0.25) is 0 Å². The van der Waals surface area contributed by atoms with E-state index in [1.54, 1.807) is 30.5 Å². The largest absolute Gasteiger partial charge is 0.358 e. The number of aromatic nitrogens is 1. The number of hydrogen-bond acceptors (Lipinski definition) is 9. The number of carbonyl (C=O) groups is 2. The zero-order chi connectivity index (χ0) is 27.6. The molecule has 3 fully saturated rings. The van der Waals surface area contributed by atoms with Gasteiger partial charge in [0.1, 0.15) is 24.4 Å². The van der Waals surface area contributed by atoms with Crippen molar-refractivity contribution >= 4 is 17.5 Å². The lowest BCUT2D eigenvalue weighted by atomic mass is 10.1. The van der Waals surface area contributed by atoms with E-state index in [0.717, 1.165) is 11.4 Å². The van der Waals surface area contributed by atoms with Gasteiger partial charge in [0.25, 0.3) is 5.91 Å². The number of ether oxygens (including phenoxy) is 5. The van der Waals surface area contributed by atoms with Crippen LogP contribution in [0.1, 0.15) is 50.2 Å². The molecule has 3 saturated heterocycles. The highest BCUT2D eigenvalue weighted by Gasteiger charge is 2.59. The summed E-state index contributed by atoms with van der Waals surface area (Å²) in [6.07, 6.45) is 0.0816. The second-order valence-corrected chi connectivity index (χ2v) is 10.8. The SMILES string of the molecule is CC1(C)OCC(C2OC(Nc3ccc(C(=O)NCCC(=O)NCc4ccccn4)cc3)[C@H]3OC(C)(C)O[C@@H]23)O1. The van der Waals surface area contributed by atoms with Gasteiger partial charge in [-0.1, -0.05) is 6.07 Å². The van der Waals surface area contributed by atoms with E-state index in [9.17, 15) is 9.59 Å². The number of hydrogen-bond donors (Lipinski definition) is 3. The minimum absolute atomic E-state index is 0.159. The van der Waals surface area contributed by atoms with E-state index in [4.69, 9.17) is 23.7 Å². The molecule has 1 aromatic carbocycles. The summed E-state index contributed by atoms with van der Waals surface area (Å²) in [5.41, 5.74) is 2.03. The van der Waals surface area contributed by atoms with Gasteiger partial charge in [0.2, 0.25) is 5.91 Å². The molecule has 210 valence electrons. The van der Waals surface area contributed by atoms with Gasteiger partial charge in [-0.05, 0) is 64.1 Å². The summed E-state index contributed by atoms with van der Waals surface area (Å²) in [7, 11) is 0. The summed E-state index contributed by atoms with van der Waals surface area (Å²) in [4.78, 5) is 28.8. The van der Waals surface area contributed by atoms with Gasteiger partial charge in [-0.2, -0.15) is 0 Å². The zero-order valence-corrected chi connectivity index (χ0v) is 22.6. The zero-order valence-electron chi connectivity index (χ0n) is 22.6. The average Bonchev–Trinajstić information content (AvgIpc) is 3.53. The first-order chi connectivity index (χ1) is 18.6. The van der Waals surface area contributed by atoms with Gasteiger partial charge < -0.3 is 39.6 Å². The van der Waals surface area contributed by atoms with Gasteiger partial charge >= 0.3 is 0 Å². The van der Waals surface area contributed by atoms with Gasteiger partial charge in [-0.25, -0.2) is 0 Å². The number of rotatable bonds is 9. The van der Waals surface area contributed by atoms with Gasteiger partial charge in [-0.3, -0.25) is 14.6 Å². The highest BCUT2D eigenvalue weighted by molar-refractivity contribution is 5.94. The molecule has 0 saturated carbocycles. The van der Waals surface area contributed by atoms with Crippen LogP contribution in [-0.4, -0.2) is 72.2 Å². The first kappa shape index (κ1) is 27.5. The fourth-order valence-electron chi connectivity index (χ4n) is 4.98. The number of amides is 2. The Morgan fingerprint density at radius 3 is 2.38 bits per heavy atom. The molecule has 2 aromatic rings. The summed E-state index contributed by atoms with van der Waals surface area (Å²) < 4.78 is 30.4. The third-order valence-electron chi connectivity index (χ3n) is 6.77. The number of pyridine rings is 1. The summed E-state index contributed by atoms with van der Waals surface area (Å²) in [5.74, 6) is -1.84. The van der Waals surface area contributed by atoms with E-state index in [-0.39, 0.29) is 49.2 Å². The number of nitrogens with one attached hydrogen (secondary N) is 3. The molecule has 3 unspecified atom stereocenters. The second kappa shape index (κ2) is 11.2. The van der Waals surface area contributed by atoms with Crippen LogP contribution in [0.25, 0.3) is 0 Å². The van der Waals surface area contributed by atoms with Crippen molar-refractivity contribution in [3.8, 4) is 0 Å². The van der Waals surface area contributed by atoms with Crippen LogP contribution in [0.4, 0.5) is 5.69 Å². The normalized spacial score (nSPS) is 28.6. The van der Waals surface area contributed by atoms with Crippen LogP contribution in [0.3, 0.4) is 0 Å². The number of benzene rings is 1. The van der Waals surface area contributed by atoms with E-state index in [2.05, 4.69) is 20.9 Å². The maximum atomic E-state index is 12.6. The Hall–Kier alpha value is -3.09. The second-order valence-electron chi connectivity index (χ2n) is 10.8. The van der Waals surface area contributed by atoms with Gasteiger partial charge in [-0.15, -0.1) is 0 Å². The fourth-order valence-corrected chi connectivity index (χ4v) is 4.98. The summed E-state index contributed by atoms with van der Waals surface area (Å²) in [6.45, 7) is 8.50. The van der Waals surface area contributed by atoms with E-state index in [0.29, 0.717) is 18.7 Å². The van der Waals surface area contributed by atoms with Crippen LogP contribution in [0, 0.1) is 0 Å². The Morgan fingerprint density at radius 1 is 0.923 bits per heavy atom. The molecule has 3 aliphatic rings. The fraction of sp³-hybridized carbons (Fsp3) is 0.536. The maximum Gasteiger partial charge on any atom is 0.251 e. The van der Waals surface area contributed by atoms with Crippen molar-refractivity contribution < 1.29 is 33.3 Å². The lowest BCUT2D eigenvalue weighted by Crippen LogP contribution is -2.40. The topological polar surface area (TPSA) is 129 Å². The van der Waals surface area contributed by atoms with Crippen molar-refractivity contribution in [1.29, 1.82) is 0 Å². The number of carbonyl (C=O) groups excluding carboxylic acids is 2. The molecular weight excluding hydrogens is 504 g/mol. The summed E-state index contributed by atoms with van der Waals surface area (Å²) >= 11 is 0. The minimum Gasteiger partial charge on any atom is -0.358 e. The molecule has 0 radical (unpaired) electrons.